The lowest BCUT2D eigenvalue weighted by Crippen LogP contribution is -2.28. The Bertz CT molecular complexity index is 616. The molecule has 116 valence electrons. The summed E-state index contributed by atoms with van der Waals surface area (Å²) in [6, 6.07) is 7.75. The minimum absolute atomic E-state index is 0.0106. The SMILES string of the molecule is CCCC(NC(=O)c1cc2c(s1)CCOC2)c1ccccn1. The average Bonchev–Trinajstić information content (AvgIpc) is 2.99. The van der Waals surface area contributed by atoms with Crippen molar-refractivity contribution in [2.75, 3.05) is 6.61 Å². The molecule has 1 unspecified atom stereocenters. The van der Waals surface area contributed by atoms with E-state index in [2.05, 4.69) is 17.2 Å². The van der Waals surface area contributed by atoms with Gasteiger partial charge in [0.25, 0.3) is 5.91 Å². The first-order valence-corrected chi connectivity index (χ1v) is 8.50. The highest BCUT2D eigenvalue weighted by atomic mass is 32.1. The first-order valence-electron chi connectivity index (χ1n) is 7.69. The second-order valence-electron chi connectivity index (χ2n) is 5.43. The third kappa shape index (κ3) is 3.36. The Labute approximate surface area is 134 Å². The summed E-state index contributed by atoms with van der Waals surface area (Å²) in [6.45, 7) is 3.49. The minimum atomic E-state index is -0.0333. The number of aromatic nitrogens is 1. The van der Waals surface area contributed by atoms with Gasteiger partial charge in [-0.1, -0.05) is 19.4 Å². The van der Waals surface area contributed by atoms with Crippen LogP contribution in [0.15, 0.2) is 30.5 Å². The Morgan fingerprint density at radius 3 is 3.14 bits per heavy atom. The van der Waals surface area contributed by atoms with Gasteiger partial charge in [-0.3, -0.25) is 9.78 Å². The van der Waals surface area contributed by atoms with E-state index in [0.29, 0.717) is 6.61 Å². The number of thiophene rings is 1. The van der Waals surface area contributed by atoms with Crippen molar-refractivity contribution in [1.82, 2.24) is 10.3 Å². The molecular weight excluding hydrogens is 296 g/mol. The van der Waals surface area contributed by atoms with Gasteiger partial charge in [0, 0.05) is 17.5 Å². The number of rotatable bonds is 5. The largest absolute Gasteiger partial charge is 0.376 e. The molecule has 1 N–H and O–H groups in total. The van der Waals surface area contributed by atoms with E-state index in [9.17, 15) is 4.79 Å². The van der Waals surface area contributed by atoms with E-state index in [4.69, 9.17) is 4.74 Å². The fraction of sp³-hybridized carbons (Fsp3) is 0.412. The number of ether oxygens (including phenoxy) is 1. The summed E-state index contributed by atoms with van der Waals surface area (Å²) in [4.78, 5) is 19.0. The van der Waals surface area contributed by atoms with Crippen LogP contribution < -0.4 is 5.32 Å². The van der Waals surface area contributed by atoms with E-state index in [1.807, 2.05) is 24.3 Å². The van der Waals surface area contributed by atoms with Crippen LogP contribution in [0.2, 0.25) is 0 Å². The molecule has 1 amide bonds. The van der Waals surface area contributed by atoms with Gasteiger partial charge in [0.2, 0.25) is 0 Å². The summed E-state index contributed by atoms with van der Waals surface area (Å²) < 4.78 is 5.44. The van der Waals surface area contributed by atoms with Crippen molar-refractivity contribution in [3.05, 3.63) is 51.5 Å². The number of nitrogens with zero attached hydrogens (tertiary/aromatic N) is 1. The molecule has 0 spiro atoms. The maximum atomic E-state index is 12.6. The Morgan fingerprint density at radius 1 is 1.50 bits per heavy atom. The second kappa shape index (κ2) is 7.03. The van der Waals surface area contributed by atoms with Crippen LogP contribution in [-0.2, 0) is 17.8 Å². The molecule has 4 nitrogen and oxygen atoms in total. The summed E-state index contributed by atoms with van der Waals surface area (Å²) in [7, 11) is 0. The van der Waals surface area contributed by atoms with Gasteiger partial charge >= 0.3 is 0 Å². The predicted octanol–water partition coefficient (Wildman–Crippen LogP) is 3.49. The predicted molar refractivity (Wildman–Crippen MR) is 87.0 cm³/mol. The summed E-state index contributed by atoms with van der Waals surface area (Å²) in [5, 5.41) is 3.13. The fourth-order valence-corrected chi connectivity index (χ4v) is 3.71. The number of nitrogens with one attached hydrogen (secondary N) is 1. The van der Waals surface area contributed by atoms with Gasteiger partial charge in [0.15, 0.2) is 0 Å². The summed E-state index contributed by atoms with van der Waals surface area (Å²) in [6.07, 6.45) is 4.56. The summed E-state index contributed by atoms with van der Waals surface area (Å²) in [5.41, 5.74) is 2.08. The molecule has 0 fully saturated rings. The molecular formula is C17H20N2O2S. The maximum Gasteiger partial charge on any atom is 0.261 e. The number of hydrogen-bond acceptors (Lipinski definition) is 4. The zero-order chi connectivity index (χ0) is 15.4. The number of pyridine rings is 1. The van der Waals surface area contributed by atoms with Crippen molar-refractivity contribution in [3.8, 4) is 0 Å². The molecule has 1 atom stereocenters. The Balaban J connectivity index is 1.75. The highest BCUT2D eigenvalue weighted by molar-refractivity contribution is 7.14. The Hall–Kier alpha value is -1.72. The number of carbonyl (C=O) groups is 1. The minimum Gasteiger partial charge on any atom is -0.376 e. The monoisotopic (exact) mass is 316 g/mol. The zero-order valence-electron chi connectivity index (χ0n) is 12.7. The molecule has 2 aromatic heterocycles. The van der Waals surface area contributed by atoms with E-state index in [1.54, 1.807) is 17.5 Å². The van der Waals surface area contributed by atoms with Gasteiger partial charge in [0.05, 0.1) is 29.8 Å². The van der Waals surface area contributed by atoms with Crippen molar-refractivity contribution in [2.24, 2.45) is 0 Å². The van der Waals surface area contributed by atoms with E-state index >= 15 is 0 Å². The van der Waals surface area contributed by atoms with Crippen molar-refractivity contribution < 1.29 is 9.53 Å². The quantitative estimate of drug-likeness (QED) is 0.918. The molecule has 1 aliphatic rings. The molecule has 0 aliphatic carbocycles. The maximum absolute atomic E-state index is 12.6. The zero-order valence-corrected chi connectivity index (χ0v) is 13.5. The molecule has 2 aromatic rings. The summed E-state index contributed by atoms with van der Waals surface area (Å²) in [5.74, 6) is -0.0106. The lowest BCUT2D eigenvalue weighted by atomic mass is 10.1. The number of amides is 1. The first-order chi connectivity index (χ1) is 10.8. The molecule has 0 radical (unpaired) electrons. The molecule has 0 aromatic carbocycles. The van der Waals surface area contributed by atoms with Crippen molar-refractivity contribution in [2.45, 2.75) is 38.8 Å². The van der Waals surface area contributed by atoms with Crippen LogP contribution in [0, 0.1) is 0 Å². The van der Waals surface area contributed by atoms with Crippen LogP contribution in [0.5, 0.6) is 0 Å². The lowest BCUT2D eigenvalue weighted by Gasteiger charge is -2.17. The highest BCUT2D eigenvalue weighted by Crippen LogP contribution is 2.27. The molecule has 1 aliphatic heterocycles. The number of carbonyl (C=O) groups excluding carboxylic acids is 1. The first kappa shape index (κ1) is 15.2. The van der Waals surface area contributed by atoms with E-state index in [0.717, 1.165) is 42.0 Å². The van der Waals surface area contributed by atoms with Gasteiger partial charge in [-0.15, -0.1) is 11.3 Å². The topological polar surface area (TPSA) is 51.2 Å². The molecule has 3 heterocycles. The summed E-state index contributed by atoms with van der Waals surface area (Å²) >= 11 is 1.59. The number of hydrogen-bond donors (Lipinski definition) is 1. The molecule has 3 rings (SSSR count). The third-order valence-corrected chi connectivity index (χ3v) is 5.01. The van der Waals surface area contributed by atoms with E-state index in [-0.39, 0.29) is 11.9 Å². The normalized spacial score (nSPS) is 15.1. The fourth-order valence-electron chi connectivity index (χ4n) is 2.65. The molecule has 0 saturated carbocycles. The van der Waals surface area contributed by atoms with Gasteiger partial charge < -0.3 is 10.1 Å². The van der Waals surface area contributed by atoms with Gasteiger partial charge in [0.1, 0.15) is 0 Å². The van der Waals surface area contributed by atoms with Crippen LogP contribution in [0.4, 0.5) is 0 Å². The molecule has 0 saturated heterocycles. The highest BCUT2D eigenvalue weighted by Gasteiger charge is 2.20. The van der Waals surface area contributed by atoms with Gasteiger partial charge in [-0.05, 0) is 30.2 Å². The molecule has 5 heteroatoms. The smallest absolute Gasteiger partial charge is 0.261 e. The van der Waals surface area contributed by atoms with Crippen LogP contribution >= 0.6 is 11.3 Å². The van der Waals surface area contributed by atoms with Gasteiger partial charge in [-0.25, -0.2) is 0 Å². The molecule has 22 heavy (non-hydrogen) atoms. The van der Waals surface area contributed by atoms with Crippen molar-refractivity contribution >= 4 is 17.2 Å². The lowest BCUT2D eigenvalue weighted by molar-refractivity contribution is 0.0937. The number of fused-ring (bicyclic) bond motifs is 1. The Morgan fingerprint density at radius 2 is 2.41 bits per heavy atom. The Kier molecular flexibility index (Phi) is 4.85. The van der Waals surface area contributed by atoms with Crippen LogP contribution in [0.25, 0.3) is 0 Å². The van der Waals surface area contributed by atoms with E-state index in [1.165, 1.54) is 4.88 Å². The van der Waals surface area contributed by atoms with E-state index < -0.39 is 0 Å². The van der Waals surface area contributed by atoms with Crippen LogP contribution in [0.1, 0.15) is 51.6 Å². The molecule has 0 bridgehead atoms. The van der Waals surface area contributed by atoms with Gasteiger partial charge in [-0.2, -0.15) is 0 Å². The van der Waals surface area contributed by atoms with Crippen LogP contribution in [0.3, 0.4) is 0 Å². The van der Waals surface area contributed by atoms with Crippen LogP contribution in [-0.4, -0.2) is 17.5 Å². The average molecular weight is 316 g/mol. The van der Waals surface area contributed by atoms with Crippen molar-refractivity contribution in [3.63, 3.8) is 0 Å². The standard InChI is InChI=1S/C17H20N2O2S/c1-2-5-14(13-6-3-4-8-18-13)19-17(20)16-10-12-11-21-9-7-15(12)22-16/h3-4,6,8,10,14H,2,5,7,9,11H2,1H3,(H,19,20). The third-order valence-electron chi connectivity index (χ3n) is 3.78. The van der Waals surface area contributed by atoms with Crippen molar-refractivity contribution in [1.29, 1.82) is 0 Å². The second-order valence-corrected chi connectivity index (χ2v) is 6.57.